The van der Waals surface area contributed by atoms with Crippen LogP contribution in [-0.4, -0.2) is 54.0 Å². The smallest absolute Gasteiger partial charge is 0.224 e. The van der Waals surface area contributed by atoms with Crippen molar-refractivity contribution in [2.45, 2.75) is 77.9 Å². The van der Waals surface area contributed by atoms with Crippen LogP contribution in [0.3, 0.4) is 0 Å². The molecule has 0 bridgehead atoms. The van der Waals surface area contributed by atoms with E-state index in [0.29, 0.717) is 18.0 Å². The average Bonchev–Trinajstić information content (AvgIpc) is 3.51. The monoisotopic (exact) mass is 383 g/mol. The van der Waals surface area contributed by atoms with Crippen molar-refractivity contribution < 1.29 is 4.79 Å². The minimum absolute atomic E-state index is 0.213. The number of hydrogen-bond donors (Lipinski definition) is 1. The molecule has 3 fully saturated rings. The van der Waals surface area contributed by atoms with Gasteiger partial charge in [0, 0.05) is 25.2 Å². The predicted octanol–water partition coefficient (Wildman–Crippen LogP) is 3.57. The van der Waals surface area contributed by atoms with Crippen LogP contribution in [0.1, 0.15) is 60.8 Å². The lowest BCUT2D eigenvalue weighted by atomic mass is 9.93. The van der Waals surface area contributed by atoms with Crippen molar-refractivity contribution in [3.63, 3.8) is 0 Å². The van der Waals surface area contributed by atoms with Gasteiger partial charge in [-0.15, -0.1) is 0 Å². The highest BCUT2D eigenvalue weighted by Crippen LogP contribution is 2.27. The quantitative estimate of drug-likeness (QED) is 0.844. The Morgan fingerprint density at radius 2 is 1.68 bits per heavy atom. The van der Waals surface area contributed by atoms with Gasteiger partial charge in [0.1, 0.15) is 0 Å². The first-order valence-electron chi connectivity index (χ1n) is 11.3. The van der Waals surface area contributed by atoms with Crippen LogP contribution in [0, 0.1) is 26.7 Å². The number of piperidine rings is 2. The molecule has 1 atom stereocenters. The van der Waals surface area contributed by atoms with Crippen LogP contribution in [-0.2, 0) is 11.3 Å². The zero-order chi connectivity index (χ0) is 19.7. The van der Waals surface area contributed by atoms with Crippen molar-refractivity contribution in [1.82, 2.24) is 15.1 Å². The molecule has 1 aliphatic carbocycles. The first kappa shape index (κ1) is 19.9. The number of benzene rings is 1. The molecule has 3 aliphatic rings. The van der Waals surface area contributed by atoms with Gasteiger partial charge in [-0.3, -0.25) is 14.6 Å². The molecule has 1 aromatic rings. The van der Waals surface area contributed by atoms with E-state index < -0.39 is 0 Å². The van der Waals surface area contributed by atoms with Crippen LogP contribution < -0.4 is 5.32 Å². The third-order valence-corrected chi connectivity index (χ3v) is 7.17. The van der Waals surface area contributed by atoms with Gasteiger partial charge in [-0.2, -0.15) is 0 Å². The molecule has 1 saturated carbocycles. The highest BCUT2D eigenvalue weighted by molar-refractivity contribution is 5.79. The average molecular weight is 384 g/mol. The summed E-state index contributed by atoms with van der Waals surface area (Å²) in [5, 5.41) is 3.22. The maximum absolute atomic E-state index is 12.5. The Kier molecular flexibility index (Phi) is 6.07. The lowest BCUT2D eigenvalue weighted by Crippen LogP contribution is -2.50. The summed E-state index contributed by atoms with van der Waals surface area (Å²) in [5.74, 6) is 0.528. The van der Waals surface area contributed by atoms with Crippen LogP contribution >= 0.6 is 0 Å². The molecule has 1 aromatic carbocycles. The Hall–Kier alpha value is -1.39. The van der Waals surface area contributed by atoms with Gasteiger partial charge in [-0.25, -0.2) is 0 Å². The molecule has 4 nitrogen and oxygen atoms in total. The molecule has 4 rings (SSSR count). The minimum atomic E-state index is 0.213. The van der Waals surface area contributed by atoms with Crippen LogP contribution in [0.15, 0.2) is 12.1 Å². The highest BCUT2D eigenvalue weighted by Gasteiger charge is 2.33. The van der Waals surface area contributed by atoms with Gasteiger partial charge in [0.15, 0.2) is 0 Å². The molecule has 154 valence electrons. The largest absolute Gasteiger partial charge is 0.353 e. The number of nitrogens with one attached hydrogen (secondary N) is 1. The Labute approximate surface area is 170 Å². The van der Waals surface area contributed by atoms with Gasteiger partial charge in [-0.1, -0.05) is 12.1 Å². The second kappa shape index (κ2) is 8.54. The Morgan fingerprint density at radius 1 is 0.964 bits per heavy atom. The maximum Gasteiger partial charge on any atom is 0.224 e. The van der Waals surface area contributed by atoms with E-state index in [-0.39, 0.29) is 5.92 Å². The zero-order valence-corrected chi connectivity index (χ0v) is 18.0. The third kappa shape index (κ3) is 4.77. The fraction of sp³-hybridized carbons (Fsp3) is 0.708. The number of carbonyl (C=O) groups is 1. The number of aryl methyl sites for hydroxylation is 3. The van der Waals surface area contributed by atoms with Gasteiger partial charge in [0.05, 0.1) is 5.92 Å². The lowest BCUT2D eigenvalue weighted by molar-refractivity contribution is -0.127. The Morgan fingerprint density at radius 3 is 2.39 bits per heavy atom. The fourth-order valence-corrected chi connectivity index (χ4v) is 4.97. The van der Waals surface area contributed by atoms with Crippen molar-refractivity contribution >= 4 is 5.91 Å². The maximum atomic E-state index is 12.5. The SMILES string of the molecule is Cc1cc(C)c(CN2CCC(N3CCCC(C(=O)NC4CC4)C3)CC2)cc1C. The fourth-order valence-electron chi connectivity index (χ4n) is 4.97. The number of amides is 1. The van der Waals surface area contributed by atoms with Crippen molar-refractivity contribution in [3.8, 4) is 0 Å². The van der Waals surface area contributed by atoms with E-state index in [4.69, 9.17) is 0 Å². The van der Waals surface area contributed by atoms with E-state index in [1.807, 2.05) is 0 Å². The summed E-state index contributed by atoms with van der Waals surface area (Å²) in [6, 6.07) is 5.86. The second-order valence-electron chi connectivity index (χ2n) is 9.49. The summed E-state index contributed by atoms with van der Waals surface area (Å²) in [7, 11) is 0. The number of rotatable bonds is 5. The van der Waals surface area contributed by atoms with E-state index >= 15 is 0 Å². The minimum Gasteiger partial charge on any atom is -0.353 e. The Bertz CT molecular complexity index is 704. The molecule has 0 aromatic heterocycles. The molecule has 1 amide bonds. The number of likely N-dealkylation sites (tertiary alicyclic amines) is 2. The van der Waals surface area contributed by atoms with Crippen LogP contribution in [0.5, 0.6) is 0 Å². The zero-order valence-electron chi connectivity index (χ0n) is 18.0. The van der Waals surface area contributed by atoms with Crippen molar-refractivity contribution in [2.24, 2.45) is 5.92 Å². The molecule has 4 heteroatoms. The molecule has 2 aliphatic heterocycles. The molecule has 2 heterocycles. The van der Waals surface area contributed by atoms with E-state index in [2.05, 4.69) is 48.0 Å². The molecular formula is C24H37N3O. The topological polar surface area (TPSA) is 35.6 Å². The molecule has 1 unspecified atom stereocenters. The summed E-state index contributed by atoms with van der Waals surface area (Å²) >= 11 is 0. The van der Waals surface area contributed by atoms with Crippen molar-refractivity contribution in [3.05, 3.63) is 34.4 Å². The molecular weight excluding hydrogens is 346 g/mol. The molecule has 0 spiro atoms. The van der Waals surface area contributed by atoms with Crippen LogP contribution in [0.4, 0.5) is 0 Å². The first-order valence-corrected chi connectivity index (χ1v) is 11.3. The number of carbonyl (C=O) groups excluding carboxylic acids is 1. The first-order chi connectivity index (χ1) is 13.5. The van der Waals surface area contributed by atoms with Crippen LogP contribution in [0.2, 0.25) is 0 Å². The van der Waals surface area contributed by atoms with Gasteiger partial charge in [-0.05, 0) is 101 Å². The molecule has 0 radical (unpaired) electrons. The van der Waals surface area contributed by atoms with E-state index in [1.54, 1.807) is 0 Å². The normalized spacial score (nSPS) is 25.0. The summed E-state index contributed by atoms with van der Waals surface area (Å²) in [4.78, 5) is 17.7. The summed E-state index contributed by atoms with van der Waals surface area (Å²) in [5.41, 5.74) is 5.70. The van der Waals surface area contributed by atoms with Gasteiger partial charge in [0.2, 0.25) is 5.91 Å². The summed E-state index contributed by atoms with van der Waals surface area (Å²) < 4.78 is 0. The molecule has 1 N–H and O–H groups in total. The van der Waals surface area contributed by atoms with Crippen LogP contribution in [0.25, 0.3) is 0 Å². The van der Waals surface area contributed by atoms with Gasteiger partial charge >= 0.3 is 0 Å². The number of nitrogens with zero attached hydrogens (tertiary/aromatic N) is 2. The molecule has 28 heavy (non-hydrogen) atoms. The lowest BCUT2D eigenvalue weighted by Gasteiger charge is -2.42. The van der Waals surface area contributed by atoms with E-state index in [0.717, 1.165) is 19.5 Å². The van der Waals surface area contributed by atoms with Gasteiger partial charge in [0.25, 0.3) is 0 Å². The van der Waals surface area contributed by atoms with E-state index in [9.17, 15) is 4.79 Å². The predicted molar refractivity (Wildman–Crippen MR) is 114 cm³/mol. The Balaban J connectivity index is 1.27. The van der Waals surface area contributed by atoms with Crippen molar-refractivity contribution in [1.29, 1.82) is 0 Å². The highest BCUT2D eigenvalue weighted by atomic mass is 16.2. The number of hydrogen-bond acceptors (Lipinski definition) is 3. The molecule has 2 saturated heterocycles. The second-order valence-corrected chi connectivity index (χ2v) is 9.49. The summed E-state index contributed by atoms with van der Waals surface area (Å²) in [6.07, 6.45) is 7.08. The van der Waals surface area contributed by atoms with Crippen molar-refractivity contribution in [2.75, 3.05) is 26.2 Å². The standard InChI is InChI=1S/C24H37N3O/c1-17-13-19(3)21(14-18(17)2)15-26-11-8-23(9-12-26)27-10-4-5-20(16-27)24(28)25-22-6-7-22/h13-14,20,22-23H,4-12,15-16H2,1-3H3,(H,25,28). The van der Waals surface area contributed by atoms with E-state index in [1.165, 1.54) is 74.0 Å². The third-order valence-electron chi connectivity index (χ3n) is 7.17. The van der Waals surface area contributed by atoms with Gasteiger partial charge < -0.3 is 5.32 Å². The summed E-state index contributed by atoms with van der Waals surface area (Å²) in [6.45, 7) is 12.2.